The first kappa shape index (κ1) is 17.3. The maximum atomic E-state index is 12.9. The van der Waals surface area contributed by atoms with E-state index in [1.54, 1.807) is 44.6 Å². The van der Waals surface area contributed by atoms with E-state index in [0.29, 0.717) is 22.0 Å². The highest BCUT2D eigenvalue weighted by molar-refractivity contribution is 7.90. The first-order chi connectivity index (χ1) is 12.0. The molecule has 0 atom stereocenters. The highest BCUT2D eigenvalue weighted by Crippen LogP contribution is 2.41. The van der Waals surface area contributed by atoms with Crippen LogP contribution in [0.25, 0.3) is 10.8 Å². The summed E-state index contributed by atoms with van der Waals surface area (Å²) in [6, 6.07) is 16.1. The summed E-state index contributed by atoms with van der Waals surface area (Å²) in [5.41, 5.74) is 1.40. The summed E-state index contributed by atoms with van der Waals surface area (Å²) in [7, 11) is -0.342. The molecule has 0 unspecified atom stereocenters. The molecule has 0 saturated carbocycles. The van der Waals surface area contributed by atoms with Crippen LogP contribution in [0, 0.1) is 6.92 Å². The van der Waals surface area contributed by atoms with Crippen LogP contribution in [0.15, 0.2) is 59.5 Å². The van der Waals surface area contributed by atoms with E-state index >= 15 is 0 Å². The van der Waals surface area contributed by atoms with Crippen molar-refractivity contribution in [1.82, 2.24) is 0 Å². The van der Waals surface area contributed by atoms with Gasteiger partial charge in [-0.25, -0.2) is 8.42 Å². The van der Waals surface area contributed by atoms with E-state index in [9.17, 15) is 8.42 Å². The lowest BCUT2D eigenvalue weighted by atomic mass is 9.99. The van der Waals surface area contributed by atoms with E-state index in [1.165, 1.54) is 0 Å². The zero-order valence-corrected chi connectivity index (χ0v) is 15.3. The first-order valence-corrected chi connectivity index (χ1v) is 9.54. The lowest BCUT2D eigenvalue weighted by Gasteiger charge is -2.19. The Balaban J connectivity index is 2.24. The van der Waals surface area contributed by atoms with Crippen molar-refractivity contribution in [3.8, 4) is 11.5 Å². The van der Waals surface area contributed by atoms with Crippen LogP contribution in [0.2, 0.25) is 0 Å². The molecular formula is C20H20O4S. The zero-order valence-electron chi connectivity index (χ0n) is 14.4. The molecule has 25 heavy (non-hydrogen) atoms. The van der Waals surface area contributed by atoms with Crippen LogP contribution in [0.3, 0.4) is 0 Å². The largest absolute Gasteiger partial charge is 0.496 e. The Labute approximate surface area is 147 Å². The van der Waals surface area contributed by atoms with Gasteiger partial charge in [0.2, 0.25) is 0 Å². The summed E-state index contributed by atoms with van der Waals surface area (Å²) in [5.74, 6) is 1.11. The second-order valence-electron chi connectivity index (χ2n) is 5.79. The van der Waals surface area contributed by atoms with Gasteiger partial charge in [-0.05, 0) is 24.6 Å². The monoisotopic (exact) mass is 356 g/mol. The predicted octanol–water partition coefficient (Wildman–Crippen LogP) is 4.14. The van der Waals surface area contributed by atoms with Crippen molar-refractivity contribution < 1.29 is 17.9 Å². The number of hydrogen-bond acceptors (Lipinski definition) is 4. The number of methoxy groups -OCH3 is 2. The average molecular weight is 356 g/mol. The smallest absolute Gasteiger partial charge is 0.182 e. The third-order valence-electron chi connectivity index (χ3n) is 4.33. The van der Waals surface area contributed by atoms with Gasteiger partial charge in [0.1, 0.15) is 11.5 Å². The molecule has 0 aliphatic carbocycles. The van der Waals surface area contributed by atoms with Crippen molar-refractivity contribution in [3.05, 3.63) is 65.7 Å². The summed E-state index contributed by atoms with van der Waals surface area (Å²) in [5, 5.41) is 1.74. The van der Waals surface area contributed by atoms with Gasteiger partial charge in [0, 0.05) is 16.3 Å². The molecule has 3 aromatic carbocycles. The molecule has 0 amide bonds. The van der Waals surface area contributed by atoms with E-state index in [4.69, 9.17) is 9.47 Å². The molecule has 0 N–H and O–H groups in total. The molecule has 0 heterocycles. The second kappa shape index (κ2) is 6.76. The number of benzene rings is 3. The molecule has 0 aliphatic rings. The summed E-state index contributed by atoms with van der Waals surface area (Å²) < 4.78 is 36.9. The highest BCUT2D eigenvalue weighted by atomic mass is 32.2. The molecule has 0 fully saturated rings. The first-order valence-electron chi connectivity index (χ1n) is 7.89. The topological polar surface area (TPSA) is 52.6 Å². The second-order valence-corrected chi connectivity index (χ2v) is 7.78. The van der Waals surface area contributed by atoms with E-state index in [2.05, 4.69) is 0 Å². The maximum Gasteiger partial charge on any atom is 0.182 e. The van der Waals surface area contributed by atoms with Crippen LogP contribution >= 0.6 is 0 Å². The van der Waals surface area contributed by atoms with E-state index in [1.807, 2.05) is 31.2 Å². The van der Waals surface area contributed by atoms with Crippen molar-refractivity contribution in [1.29, 1.82) is 0 Å². The van der Waals surface area contributed by atoms with Crippen molar-refractivity contribution in [2.45, 2.75) is 17.6 Å². The Kier molecular flexibility index (Phi) is 4.68. The van der Waals surface area contributed by atoms with Gasteiger partial charge in [0.25, 0.3) is 0 Å². The number of fused-ring (bicyclic) bond motifs is 1. The van der Waals surface area contributed by atoms with Gasteiger partial charge in [-0.1, -0.05) is 42.5 Å². The van der Waals surface area contributed by atoms with Gasteiger partial charge < -0.3 is 9.47 Å². The molecule has 0 aromatic heterocycles. The summed E-state index contributed by atoms with van der Waals surface area (Å²) in [6.45, 7) is 1.86. The third-order valence-corrected chi connectivity index (χ3v) is 5.99. The molecule has 0 saturated heterocycles. The Morgan fingerprint density at radius 1 is 0.800 bits per heavy atom. The van der Waals surface area contributed by atoms with Gasteiger partial charge in [-0.3, -0.25) is 0 Å². The van der Waals surface area contributed by atoms with Crippen LogP contribution in [-0.4, -0.2) is 22.6 Å². The number of sulfone groups is 1. The molecule has 0 bridgehead atoms. The Morgan fingerprint density at radius 2 is 1.32 bits per heavy atom. The molecule has 0 aliphatic heterocycles. The third kappa shape index (κ3) is 3.07. The highest BCUT2D eigenvalue weighted by Gasteiger charge is 2.24. The standard InChI is InChI=1S/C20H20O4S/c1-14-18(13-25(21,22)15-9-5-4-6-10-15)20(24-3)17-12-8-7-11-16(17)19(14)23-2/h4-12H,13H2,1-3H3. The quantitative estimate of drug-likeness (QED) is 0.689. The minimum atomic E-state index is -3.50. The average Bonchev–Trinajstić information content (AvgIpc) is 2.63. The van der Waals surface area contributed by atoms with E-state index < -0.39 is 9.84 Å². The van der Waals surface area contributed by atoms with Gasteiger partial charge in [0.15, 0.2) is 9.84 Å². The van der Waals surface area contributed by atoms with Crippen LogP contribution in [0.1, 0.15) is 11.1 Å². The minimum absolute atomic E-state index is 0.146. The lowest BCUT2D eigenvalue weighted by molar-refractivity contribution is 0.404. The van der Waals surface area contributed by atoms with Crippen LogP contribution < -0.4 is 9.47 Å². The van der Waals surface area contributed by atoms with Crippen LogP contribution in [0.5, 0.6) is 11.5 Å². The summed E-state index contributed by atoms with van der Waals surface area (Å²) >= 11 is 0. The number of hydrogen-bond donors (Lipinski definition) is 0. The van der Waals surface area contributed by atoms with Gasteiger partial charge in [-0.15, -0.1) is 0 Å². The minimum Gasteiger partial charge on any atom is -0.496 e. The Hall–Kier alpha value is -2.53. The molecule has 5 heteroatoms. The summed E-state index contributed by atoms with van der Waals surface area (Å²) in [4.78, 5) is 0.295. The fourth-order valence-corrected chi connectivity index (χ4v) is 4.59. The fourth-order valence-electron chi connectivity index (χ4n) is 3.12. The molecule has 3 rings (SSSR count). The molecule has 4 nitrogen and oxygen atoms in total. The molecular weight excluding hydrogens is 336 g/mol. The maximum absolute atomic E-state index is 12.9. The van der Waals surface area contributed by atoms with Crippen molar-refractivity contribution in [3.63, 3.8) is 0 Å². The summed E-state index contributed by atoms with van der Waals surface area (Å²) in [6.07, 6.45) is 0. The van der Waals surface area contributed by atoms with Crippen LogP contribution in [-0.2, 0) is 15.6 Å². The SMILES string of the molecule is COc1c(C)c(CS(=O)(=O)c2ccccc2)c(OC)c2ccccc12. The van der Waals surface area contributed by atoms with Crippen LogP contribution in [0.4, 0.5) is 0 Å². The molecule has 0 radical (unpaired) electrons. The van der Waals surface area contributed by atoms with Gasteiger partial charge in [0.05, 0.1) is 24.9 Å². The molecule has 3 aromatic rings. The Morgan fingerprint density at radius 3 is 1.88 bits per heavy atom. The molecule has 0 spiro atoms. The van der Waals surface area contributed by atoms with Crippen molar-refractivity contribution in [2.24, 2.45) is 0 Å². The number of rotatable bonds is 5. The normalized spacial score (nSPS) is 11.5. The van der Waals surface area contributed by atoms with Crippen molar-refractivity contribution in [2.75, 3.05) is 14.2 Å². The van der Waals surface area contributed by atoms with Crippen molar-refractivity contribution >= 4 is 20.6 Å². The number of ether oxygens (including phenoxy) is 2. The van der Waals surface area contributed by atoms with E-state index in [-0.39, 0.29) is 5.75 Å². The van der Waals surface area contributed by atoms with Gasteiger partial charge in [-0.2, -0.15) is 0 Å². The molecule has 130 valence electrons. The van der Waals surface area contributed by atoms with E-state index in [0.717, 1.165) is 16.3 Å². The Bertz CT molecular complexity index is 1010. The zero-order chi connectivity index (χ0) is 18.0. The predicted molar refractivity (Wildman–Crippen MR) is 99.1 cm³/mol. The van der Waals surface area contributed by atoms with Gasteiger partial charge >= 0.3 is 0 Å². The fraction of sp³-hybridized carbons (Fsp3) is 0.200. The lowest BCUT2D eigenvalue weighted by Crippen LogP contribution is -2.09.